The van der Waals surface area contributed by atoms with Crippen LogP contribution in [0.15, 0.2) is 53.4 Å². The molecule has 1 aliphatic rings. The Balaban J connectivity index is 1.93. The van der Waals surface area contributed by atoms with Crippen LogP contribution in [-0.4, -0.2) is 11.5 Å². The summed E-state index contributed by atoms with van der Waals surface area (Å²) in [5.74, 6) is 1.15. The van der Waals surface area contributed by atoms with Crippen molar-refractivity contribution in [3.8, 4) is 0 Å². The number of aryl methyl sites for hydroxylation is 1. The molecule has 1 nitrogen and oxygen atoms in total. The molecule has 2 aromatic carbocycles. The van der Waals surface area contributed by atoms with Gasteiger partial charge in [0.1, 0.15) is 0 Å². The number of carbonyl (C=O) groups excluding carboxylic acids is 1. The minimum Gasteiger partial charge on any atom is -0.293 e. The van der Waals surface area contributed by atoms with Gasteiger partial charge in [0.2, 0.25) is 0 Å². The molecule has 0 aromatic heterocycles. The Morgan fingerprint density at radius 1 is 1.21 bits per heavy atom. The van der Waals surface area contributed by atoms with Gasteiger partial charge in [-0.2, -0.15) is 0 Å². The summed E-state index contributed by atoms with van der Waals surface area (Å²) in [6, 6.07) is 16.3. The second kappa shape index (κ2) is 5.22. The molecule has 0 amide bonds. The maximum atomic E-state index is 12.7. The number of fused-ring (bicyclic) bond motifs is 1. The van der Waals surface area contributed by atoms with E-state index in [2.05, 4.69) is 25.1 Å². The highest BCUT2D eigenvalue weighted by atomic mass is 32.2. The quantitative estimate of drug-likeness (QED) is 0.771. The molecule has 1 heterocycles. The number of hydrogen-bond donors (Lipinski definition) is 0. The van der Waals surface area contributed by atoms with Gasteiger partial charge >= 0.3 is 0 Å². The summed E-state index contributed by atoms with van der Waals surface area (Å²) in [5, 5.41) is 0. The summed E-state index contributed by atoms with van der Waals surface area (Å²) in [6.07, 6.45) is 0.969. The van der Waals surface area contributed by atoms with Crippen LogP contribution in [-0.2, 0) is 6.42 Å². The molecule has 0 radical (unpaired) electrons. The van der Waals surface area contributed by atoms with E-state index < -0.39 is 0 Å². The fraction of sp³-hybridized carbons (Fsp3) is 0.235. The van der Waals surface area contributed by atoms with Crippen LogP contribution in [0, 0.1) is 0 Å². The maximum absolute atomic E-state index is 12.7. The van der Waals surface area contributed by atoms with Gasteiger partial charge < -0.3 is 0 Å². The molecule has 96 valence electrons. The molecule has 0 spiro atoms. The minimum absolute atomic E-state index is 0.0216. The predicted molar refractivity (Wildman–Crippen MR) is 80.1 cm³/mol. The summed E-state index contributed by atoms with van der Waals surface area (Å²) >= 11 is 1.79. The summed E-state index contributed by atoms with van der Waals surface area (Å²) in [6.45, 7) is 2.12. The van der Waals surface area contributed by atoms with Gasteiger partial charge in [0.15, 0.2) is 5.78 Å². The Labute approximate surface area is 118 Å². The van der Waals surface area contributed by atoms with Crippen LogP contribution >= 0.6 is 11.8 Å². The average molecular weight is 268 g/mol. The largest absolute Gasteiger partial charge is 0.293 e. The monoisotopic (exact) mass is 268 g/mol. The third kappa shape index (κ3) is 2.33. The van der Waals surface area contributed by atoms with Crippen molar-refractivity contribution in [2.24, 2.45) is 0 Å². The standard InChI is InChI=1S/C17H16OS/c1-2-12-6-5-7-13(10-12)17(18)15-11-19-16-9-4-3-8-14(15)16/h3-10,15H,2,11H2,1H3. The number of benzene rings is 2. The number of hydrogen-bond acceptors (Lipinski definition) is 2. The van der Waals surface area contributed by atoms with Crippen molar-refractivity contribution >= 4 is 17.5 Å². The average Bonchev–Trinajstić information content (AvgIpc) is 2.90. The molecule has 3 rings (SSSR count). The van der Waals surface area contributed by atoms with Crippen LogP contribution in [0.5, 0.6) is 0 Å². The fourth-order valence-electron chi connectivity index (χ4n) is 2.53. The molecule has 2 aromatic rings. The normalized spacial score (nSPS) is 17.2. The molecule has 0 N–H and O–H groups in total. The molecule has 0 aliphatic carbocycles. The van der Waals surface area contributed by atoms with E-state index in [-0.39, 0.29) is 11.7 Å². The smallest absolute Gasteiger partial charge is 0.171 e. The van der Waals surface area contributed by atoms with Gasteiger partial charge in [-0.05, 0) is 29.7 Å². The lowest BCUT2D eigenvalue weighted by atomic mass is 9.91. The van der Waals surface area contributed by atoms with Crippen LogP contribution in [0.3, 0.4) is 0 Å². The first kappa shape index (κ1) is 12.5. The maximum Gasteiger partial charge on any atom is 0.171 e. The van der Waals surface area contributed by atoms with E-state index in [0.717, 1.165) is 17.7 Å². The number of thioether (sulfide) groups is 1. The van der Waals surface area contributed by atoms with Crippen molar-refractivity contribution in [3.63, 3.8) is 0 Å². The van der Waals surface area contributed by atoms with Crippen LogP contribution in [0.2, 0.25) is 0 Å². The van der Waals surface area contributed by atoms with Crippen molar-refractivity contribution in [2.45, 2.75) is 24.2 Å². The number of Topliss-reactive ketones (excluding diaryl/α,β-unsaturated/α-hetero) is 1. The minimum atomic E-state index is 0.0216. The van der Waals surface area contributed by atoms with Gasteiger partial charge in [-0.15, -0.1) is 11.8 Å². The highest BCUT2D eigenvalue weighted by Crippen LogP contribution is 2.40. The van der Waals surface area contributed by atoms with Crippen LogP contribution < -0.4 is 0 Å². The topological polar surface area (TPSA) is 17.1 Å². The van der Waals surface area contributed by atoms with Crippen LogP contribution in [0.1, 0.15) is 34.3 Å². The lowest BCUT2D eigenvalue weighted by Crippen LogP contribution is -2.12. The van der Waals surface area contributed by atoms with Gasteiger partial charge in [0, 0.05) is 16.2 Å². The molecule has 0 saturated heterocycles. The van der Waals surface area contributed by atoms with Crippen molar-refractivity contribution in [3.05, 3.63) is 65.2 Å². The molecule has 1 aliphatic heterocycles. The van der Waals surface area contributed by atoms with Crippen molar-refractivity contribution in [2.75, 3.05) is 5.75 Å². The zero-order chi connectivity index (χ0) is 13.2. The van der Waals surface area contributed by atoms with Gasteiger partial charge in [0.05, 0.1) is 5.92 Å². The number of ketones is 1. The van der Waals surface area contributed by atoms with E-state index in [1.54, 1.807) is 11.8 Å². The molecular weight excluding hydrogens is 252 g/mol. The second-order valence-electron chi connectivity index (χ2n) is 4.82. The predicted octanol–water partition coefficient (Wildman–Crippen LogP) is 4.32. The zero-order valence-electron chi connectivity index (χ0n) is 10.9. The van der Waals surface area contributed by atoms with Crippen LogP contribution in [0.4, 0.5) is 0 Å². The van der Waals surface area contributed by atoms with E-state index in [0.29, 0.717) is 0 Å². The van der Waals surface area contributed by atoms with Gasteiger partial charge in [0.25, 0.3) is 0 Å². The van der Waals surface area contributed by atoms with Crippen molar-refractivity contribution < 1.29 is 4.79 Å². The fourth-order valence-corrected chi connectivity index (χ4v) is 3.75. The molecule has 2 heteroatoms. The molecule has 0 fully saturated rings. The molecular formula is C17H16OS. The Morgan fingerprint density at radius 2 is 2.05 bits per heavy atom. The zero-order valence-corrected chi connectivity index (χ0v) is 11.7. The highest BCUT2D eigenvalue weighted by molar-refractivity contribution is 7.99. The van der Waals surface area contributed by atoms with Gasteiger partial charge in [-0.3, -0.25) is 4.79 Å². The summed E-state index contributed by atoms with van der Waals surface area (Å²) in [7, 11) is 0. The van der Waals surface area contributed by atoms with Crippen molar-refractivity contribution in [1.82, 2.24) is 0 Å². The Morgan fingerprint density at radius 3 is 2.89 bits per heavy atom. The SMILES string of the molecule is CCc1cccc(C(=O)C2CSc3ccccc32)c1. The molecule has 1 atom stereocenters. The third-order valence-electron chi connectivity index (χ3n) is 3.64. The van der Waals surface area contributed by atoms with E-state index in [1.165, 1.54) is 16.0 Å². The molecule has 0 bridgehead atoms. The van der Waals surface area contributed by atoms with E-state index in [1.807, 2.05) is 30.3 Å². The van der Waals surface area contributed by atoms with E-state index >= 15 is 0 Å². The first-order valence-corrected chi connectivity index (χ1v) is 7.63. The number of rotatable bonds is 3. The molecule has 1 unspecified atom stereocenters. The van der Waals surface area contributed by atoms with Crippen LogP contribution in [0.25, 0.3) is 0 Å². The molecule has 19 heavy (non-hydrogen) atoms. The molecule has 0 saturated carbocycles. The van der Waals surface area contributed by atoms with E-state index in [9.17, 15) is 4.79 Å². The van der Waals surface area contributed by atoms with Crippen molar-refractivity contribution in [1.29, 1.82) is 0 Å². The Kier molecular flexibility index (Phi) is 3.43. The highest BCUT2D eigenvalue weighted by Gasteiger charge is 2.29. The third-order valence-corrected chi connectivity index (χ3v) is 4.82. The summed E-state index contributed by atoms with van der Waals surface area (Å²) in [5.41, 5.74) is 3.27. The number of carbonyl (C=O) groups is 1. The van der Waals surface area contributed by atoms with E-state index in [4.69, 9.17) is 0 Å². The Hall–Kier alpha value is -1.54. The first-order chi connectivity index (χ1) is 9.29. The van der Waals surface area contributed by atoms with Gasteiger partial charge in [-0.25, -0.2) is 0 Å². The first-order valence-electron chi connectivity index (χ1n) is 6.64. The summed E-state index contributed by atoms with van der Waals surface area (Å²) in [4.78, 5) is 13.9. The second-order valence-corrected chi connectivity index (χ2v) is 5.88. The lowest BCUT2D eigenvalue weighted by Gasteiger charge is -2.10. The lowest BCUT2D eigenvalue weighted by molar-refractivity contribution is 0.0968. The Bertz CT molecular complexity index is 618. The summed E-state index contributed by atoms with van der Waals surface area (Å²) < 4.78 is 0. The van der Waals surface area contributed by atoms with Gasteiger partial charge in [-0.1, -0.05) is 43.3 Å².